The highest BCUT2D eigenvalue weighted by molar-refractivity contribution is 5.93. The summed E-state index contributed by atoms with van der Waals surface area (Å²) in [5.74, 6) is -0.749. The second kappa shape index (κ2) is 8.65. The van der Waals surface area contributed by atoms with E-state index in [1.807, 2.05) is 30.3 Å². The van der Waals surface area contributed by atoms with Gasteiger partial charge in [-0.15, -0.1) is 0 Å². The van der Waals surface area contributed by atoms with E-state index in [9.17, 15) is 9.59 Å². The number of hydrogen-bond acceptors (Lipinski definition) is 5. The Hall–Kier alpha value is -2.73. The molecule has 2 N–H and O–H groups in total. The van der Waals surface area contributed by atoms with E-state index in [1.165, 1.54) is 12.4 Å². The lowest BCUT2D eigenvalue weighted by Gasteiger charge is -2.18. The molecule has 1 aromatic carbocycles. The minimum atomic E-state index is -0.664. The van der Waals surface area contributed by atoms with Gasteiger partial charge in [-0.25, -0.2) is 5.43 Å². The molecule has 120 valence electrons. The van der Waals surface area contributed by atoms with Crippen molar-refractivity contribution in [3.8, 4) is 0 Å². The van der Waals surface area contributed by atoms with Crippen LogP contribution in [0.3, 0.4) is 0 Å². The number of rotatable bonds is 7. The van der Waals surface area contributed by atoms with Crippen LogP contribution in [0.1, 0.15) is 22.8 Å². The number of amides is 1. The summed E-state index contributed by atoms with van der Waals surface area (Å²) in [4.78, 5) is 27.9. The third-order valence-corrected chi connectivity index (χ3v) is 3.16. The van der Waals surface area contributed by atoms with Crippen LogP contribution in [-0.2, 0) is 16.0 Å². The molecule has 1 amide bonds. The van der Waals surface area contributed by atoms with Crippen LogP contribution in [0.5, 0.6) is 0 Å². The van der Waals surface area contributed by atoms with Gasteiger partial charge in [0.15, 0.2) is 0 Å². The molecule has 0 aliphatic rings. The summed E-state index contributed by atoms with van der Waals surface area (Å²) in [7, 11) is 0. The standard InChI is InChI=1S/C17H19N3O3/c1-2-23-17(22)15(12-13-6-4-3-5-7-13)19-20-16(21)14-8-10-18-11-9-14/h3-11,15,19H,2,12H2,1H3,(H,20,21)/t15-/m0/s1. The van der Waals surface area contributed by atoms with Gasteiger partial charge in [-0.2, -0.15) is 0 Å². The van der Waals surface area contributed by atoms with Crippen LogP contribution in [-0.4, -0.2) is 29.5 Å². The summed E-state index contributed by atoms with van der Waals surface area (Å²) < 4.78 is 5.05. The summed E-state index contributed by atoms with van der Waals surface area (Å²) in [6, 6.07) is 12.0. The normalized spacial score (nSPS) is 11.5. The summed E-state index contributed by atoms with van der Waals surface area (Å²) in [5, 5.41) is 0. The lowest BCUT2D eigenvalue weighted by molar-refractivity contribution is -0.145. The van der Waals surface area contributed by atoms with Crippen molar-refractivity contribution < 1.29 is 14.3 Å². The van der Waals surface area contributed by atoms with Crippen LogP contribution in [0.4, 0.5) is 0 Å². The Balaban J connectivity index is 2.00. The molecule has 0 saturated heterocycles. The van der Waals surface area contributed by atoms with E-state index in [2.05, 4.69) is 15.8 Å². The topological polar surface area (TPSA) is 80.3 Å². The zero-order chi connectivity index (χ0) is 16.5. The van der Waals surface area contributed by atoms with Crippen LogP contribution >= 0.6 is 0 Å². The van der Waals surface area contributed by atoms with Gasteiger partial charge in [0, 0.05) is 24.4 Å². The van der Waals surface area contributed by atoms with Crippen LogP contribution in [0, 0.1) is 0 Å². The molecule has 0 aliphatic carbocycles. The first kappa shape index (κ1) is 16.6. The highest BCUT2D eigenvalue weighted by Crippen LogP contribution is 2.04. The average molecular weight is 313 g/mol. The van der Waals surface area contributed by atoms with Gasteiger partial charge in [-0.05, 0) is 24.6 Å². The van der Waals surface area contributed by atoms with Crippen molar-refractivity contribution in [1.29, 1.82) is 0 Å². The van der Waals surface area contributed by atoms with Crippen LogP contribution in [0.2, 0.25) is 0 Å². The molecule has 23 heavy (non-hydrogen) atoms. The number of nitrogens with zero attached hydrogens (tertiary/aromatic N) is 1. The SMILES string of the molecule is CCOC(=O)[C@H](Cc1ccccc1)NNC(=O)c1ccncc1. The minimum Gasteiger partial charge on any atom is -0.465 e. The van der Waals surface area contributed by atoms with E-state index in [0.717, 1.165) is 5.56 Å². The molecule has 0 aliphatic heterocycles. The Morgan fingerprint density at radius 2 is 1.83 bits per heavy atom. The number of carbonyl (C=O) groups excluding carboxylic acids is 2. The molecule has 1 heterocycles. The van der Waals surface area contributed by atoms with Crippen molar-refractivity contribution in [1.82, 2.24) is 15.8 Å². The number of hydrazine groups is 1. The van der Waals surface area contributed by atoms with Crippen molar-refractivity contribution in [2.75, 3.05) is 6.61 Å². The van der Waals surface area contributed by atoms with Crippen LogP contribution < -0.4 is 10.9 Å². The first-order valence-electron chi connectivity index (χ1n) is 7.37. The summed E-state index contributed by atoms with van der Waals surface area (Å²) >= 11 is 0. The fourth-order valence-corrected chi connectivity index (χ4v) is 2.01. The Morgan fingerprint density at radius 1 is 1.13 bits per heavy atom. The molecule has 2 rings (SSSR count). The molecular formula is C17H19N3O3. The third-order valence-electron chi connectivity index (χ3n) is 3.16. The molecule has 6 nitrogen and oxygen atoms in total. The maximum atomic E-state index is 12.1. The monoisotopic (exact) mass is 313 g/mol. The third kappa shape index (κ3) is 5.19. The molecule has 0 radical (unpaired) electrons. The zero-order valence-corrected chi connectivity index (χ0v) is 12.9. The fourth-order valence-electron chi connectivity index (χ4n) is 2.01. The molecule has 1 aromatic heterocycles. The second-order valence-electron chi connectivity index (χ2n) is 4.83. The number of benzene rings is 1. The second-order valence-corrected chi connectivity index (χ2v) is 4.83. The number of nitrogens with one attached hydrogen (secondary N) is 2. The minimum absolute atomic E-state index is 0.282. The van der Waals surface area contributed by atoms with E-state index >= 15 is 0 Å². The Labute approximate surface area is 134 Å². The molecule has 6 heteroatoms. The van der Waals surface area contributed by atoms with Gasteiger partial charge in [0.1, 0.15) is 6.04 Å². The predicted octanol–water partition coefficient (Wildman–Crippen LogP) is 1.49. The van der Waals surface area contributed by atoms with Crippen molar-refractivity contribution in [3.63, 3.8) is 0 Å². The first-order chi connectivity index (χ1) is 11.2. The van der Waals surface area contributed by atoms with Crippen molar-refractivity contribution in [2.45, 2.75) is 19.4 Å². The van der Waals surface area contributed by atoms with E-state index in [-0.39, 0.29) is 12.5 Å². The Morgan fingerprint density at radius 3 is 2.48 bits per heavy atom. The fraction of sp³-hybridized carbons (Fsp3) is 0.235. The number of ether oxygens (including phenoxy) is 1. The molecule has 0 fully saturated rings. The maximum Gasteiger partial charge on any atom is 0.325 e. The highest BCUT2D eigenvalue weighted by atomic mass is 16.5. The molecular weight excluding hydrogens is 294 g/mol. The van der Waals surface area contributed by atoms with Crippen LogP contribution in [0.25, 0.3) is 0 Å². The largest absolute Gasteiger partial charge is 0.465 e. The lowest BCUT2D eigenvalue weighted by Crippen LogP contribution is -2.49. The molecule has 0 saturated carbocycles. The molecule has 0 bridgehead atoms. The van der Waals surface area contributed by atoms with Gasteiger partial charge in [-0.3, -0.25) is 20.0 Å². The van der Waals surface area contributed by atoms with Crippen molar-refractivity contribution >= 4 is 11.9 Å². The predicted molar refractivity (Wildman–Crippen MR) is 85.4 cm³/mol. The van der Waals surface area contributed by atoms with E-state index in [4.69, 9.17) is 4.74 Å². The van der Waals surface area contributed by atoms with Crippen molar-refractivity contribution in [2.24, 2.45) is 0 Å². The van der Waals surface area contributed by atoms with E-state index < -0.39 is 12.0 Å². The number of esters is 1. The van der Waals surface area contributed by atoms with Gasteiger partial charge in [0.05, 0.1) is 6.61 Å². The van der Waals surface area contributed by atoms with Crippen molar-refractivity contribution in [3.05, 3.63) is 66.0 Å². The van der Waals surface area contributed by atoms with Gasteiger partial charge in [0.25, 0.3) is 5.91 Å². The van der Waals surface area contributed by atoms with Gasteiger partial charge in [0.2, 0.25) is 0 Å². The zero-order valence-electron chi connectivity index (χ0n) is 12.9. The summed E-state index contributed by atoms with van der Waals surface area (Å²) in [6.45, 7) is 2.02. The lowest BCUT2D eigenvalue weighted by atomic mass is 10.1. The summed E-state index contributed by atoms with van der Waals surface area (Å²) in [5.41, 5.74) is 6.72. The smallest absolute Gasteiger partial charge is 0.325 e. The number of aromatic nitrogens is 1. The number of pyridine rings is 1. The van der Waals surface area contributed by atoms with Gasteiger partial charge in [-0.1, -0.05) is 30.3 Å². The molecule has 1 atom stereocenters. The Kier molecular flexibility index (Phi) is 6.26. The highest BCUT2D eigenvalue weighted by Gasteiger charge is 2.21. The quantitative estimate of drug-likeness (QED) is 0.598. The average Bonchev–Trinajstić information content (AvgIpc) is 2.60. The Bertz CT molecular complexity index is 632. The number of carbonyl (C=O) groups is 2. The van der Waals surface area contributed by atoms with Crippen LogP contribution in [0.15, 0.2) is 54.9 Å². The first-order valence-corrected chi connectivity index (χ1v) is 7.37. The molecule has 0 unspecified atom stereocenters. The van der Waals surface area contributed by atoms with Gasteiger partial charge < -0.3 is 4.74 Å². The summed E-state index contributed by atoms with van der Waals surface area (Å²) in [6.07, 6.45) is 3.47. The van der Waals surface area contributed by atoms with Gasteiger partial charge >= 0.3 is 5.97 Å². The number of hydrogen-bond donors (Lipinski definition) is 2. The maximum absolute atomic E-state index is 12.1. The molecule has 2 aromatic rings. The van der Waals surface area contributed by atoms with E-state index in [0.29, 0.717) is 12.0 Å². The molecule has 0 spiro atoms. The van der Waals surface area contributed by atoms with E-state index in [1.54, 1.807) is 19.1 Å².